The summed E-state index contributed by atoms with van der Waals surface area (Å²) in [5.74, 6) is 0.443. The van der Waals surface area contributed by atoms with Crippen LogP contribution in [0.1, 0.15) is 29.3 Å². The highest BCUT2D eigenvalue weighted by Crippen LogP contribution is 2.28. The molecular formula is C26H23ClN4O2S. The molecule has 0 unspecified atom stereocenters. The molecular weight excluding hydrogens is 468 g/mol. The number of amides is 1. The molecule has 0 saturated heterocycles. The Morgan fingerprint density at radius 2 is 1.85 bits per heavy atom. The number of rotatable bonds is 9. The third-order valence-electron chi connectivity index (χ3n) is 4.79. The van der Waals surface area contributed by atoms with Gasteiger partial charge in [0.1, 0.15) is 5.75 Å². The number of hydrogen-bond donors (Lipinski definition) is 2. The van der Waals surface area contributed by atoms with Crippen molar-refractivity contribution in [1.82, 2.24) is 10.4 Å². The summed E-state index contributed by atoms with van der Waals surface area (Å²) in [7, 11) is 0. The summed E-state index contributed by atoms with van der Waals surface area (Å²) in [6, 6.07) is 22.3. The number of benzene rings is 3. The molecule has 4 rings (SSSR count). The SMILES string of the molecule is CCCOc1ccccc1/C=N\NC(=O)c1ccc(-c2csc(Nc3ccc(Cl)cc3)n2)cc1. The van der Waals surface area contributed by atoms with Crippen molar-refractivity contribution in [3.8, 4) is 17.0 Å². The molecule has 34 heavy (non-hydrogen) atoms. The van der Waals surface area contributed by atoms with Gasteiger partial charge in [0.05, 0.1) is 18.5 Å². The lowest BCUT2D eigenvalue weighted by Gasteiger charge is -2.07. The number of ether oxygens (including phenoxy) is 1. The van der Waals surface area contributed by atoms with Crippen molar-refractivity contribution in [2.75, 3.05) is 11.9 Å². The molecule has 0 aliphatic carbocycles. The summed E-state index contributed by atoms with van der Waals surface area (Å²) in [5.41, 5.74) is 6.54. The Kier molecular flexibility index (Phi) is 7.91. The molecule has 8 heteroatoms. The van der Waals surface area contributed by atoms with Crippen molar-refractivity contribution in [1.29, 1.82) is 0 Å². The van der Waals surface area contributed by atoms with E-state index in [1.807, 2.05) is 73.0 Å². The van der Waals surface area contributed by atoms with E-state index in [-0.39, 0.29) is 5.91 Å². The van der Waals surface area contributed by atoms with E-state index in [2.05, 4.69) is 20.8 Å². The molecule has 1 heterocycles. The molecule has 0 atom stereocenters. The van der Waals surface area contributed by atoms with Gasteiger partial charge in [-0.1, -0.05) is 42.8 Å². The van der Waals surface area contributed by atoms with Gasteiger partial charge in [-0.05, 0) is 55.0 Å². The van der Waals surface area contributed by atoms with Crippen LogP contribution in [0.4, 0.5) is 10.8 Å². The first kappa shape index (κ1) is 23.5. The Morgan fingerprint density at radius 3 is 2.62 bits per heavy atom. The number of carbonyl (C=O) groups is 1. The maximum Gasteiger partial charge on any atom is 0.271 e. The number of nitrogens with zero attached hydrogens (tertiary/aromatic N) is 2. The van der Waals surface area contributed by atoms with Crippen LogP contribution in [0.2, 0.25) is 5.02 Å². The van der Waals surface area contributed by atoms with Gasteiger partial charge in [0, 0.05) is 32.8 Å². The van der Waals surface area contributed by atoms with Gasteiger partial charge in [-0.2, -0.15) is 5.10 Å². The summed E-state index contributed by atoms with van der Waals surface area (Å²) in [6.07, 6.45) is 2.50. The summed E-state index contributed by atoms with van der Waals surface area (Å²) in [5, 5.41) is 10.8. The van der Waals surface area contributed by atoms with Crippen molar-refractivity contribution >= 4 is 45.9 Å². The average molecular weight is 491 g/mol. The molecule has 1 aromatic heterocycles. The minimum atomic E-state index is -0.293. The number of halogens is 1. The molecule has 6 nitrogen and oxygen atoms in total. The van der Waals surface area contributed by atoms with Gasteiger partial charge in [0.15, 0.2) is 5.13 Å². The lowest BCUT2D eigenvalue weighted by molar-refractivity contribution is 0.0955. The Hall–Kier alpha value is -3.68. The summed E-state index contributed by atoms with van der Waals surface area (Å²) in [4.78, 5) is 17.1. The van der Waals surface area contributed by atoms with Crippen LogP contribution in [-0.4, -0.2) is 23.7 Å². The maximum absolute atomic E-state index is 12.5. The molecule has 1 amide bonds. The van der Waals surface area contributed by atoms with Crippen LogP contribution >= 0.6 is 22.9 Å². The van der Waals surface area contributed by atoms with Crippen LogP contribution in [0.5, 0.6) is 5.75 Å². The molecule has 0 fully saturated rings. The zero-order valence-corrected chi connectivity index (χ0v) is 20.1. The Balaban J connectivity index is 1.36. The van der Waals surface area contributed by atoms with E-state index in [1.54, 1.807) is 18.3 Å². The van der Waals surface area contributed by atoms with Gasteiger partial charge < -0.3 is 10.1 Å². The zero-order chi connectivity index (χ0) is 23.8. The van der Waals surface area contributed by atoms with Crippen LogP contribution in [0.3, 0.4) is 0 Å². The van der Waals surface area contributed by atoms with E-state index in [1.165, 1.54) is 11.3 Å². The van der Waals surface area contributed by atoms with Crippen LogP contribution in [0, 0.1) is 0 Å². The van der Waals surface area contributed by atoms with E-state index >= 15 is 0 Å². The molecule has 0 aliphatic rings. The second kappa shape index (κ2) is 11.4. The highest BCUT2D eigenvalue weighted by molar-refractivity contribution is 7.14. The summed E-state index contributed by atoms with van der Waals surface area (Å²) >= 11 is 7.44. The fourth-order valence-corrected chi connectivity index (χ4v) is 3.93. The van der Waals surface area contributed by atoms with Gasteiger partial charge in [0.2, 0.25) is 0 Å². The largest absolute Gasteiger partial charge is 0.493 e. The number of nitrogens with one attached hydrogen (secondary N) is 2. The predicted molar refractivity (Wildman–Crippen MR) is 140 cm³/mol. The maximum atomic E-state index is 12.5. The molecule has 4 aromatic rings. The summed E-state index contributed by atoms with van der Waals surface area (Å²) in [6.45, 7) is 2.68. The van der Waals surface area contributed by atoms with Crippen molar-refractivity contribution in [2.24, 2.45) is 5.10 Å². The molecule has 0 bridgehead atoms. The standard InChI is InChI=1S/C26H23ClN4O2S/c1-2-15-33-24-6-4-3-5-20(24)16-28-31-25(32)19-9-7-18(8-10-19)23-17-34-26(30-23)29-22-13-11-21(27)12-14-22/h3-14,16-17H,2,15H2,1H3,(H,29,30)(H,31,32)/b28-16-. The number of hydrogen-bond acceptors (Lipinski definition) is 6. The van der Waals surface area contributed by atoms with Crippen LogP contribution < -0.4 is 15.5 Å². The Labute approximate surface area is 207 Å². The van der Waals surface area contributed by atoms with Crippen LogP contribution in [-0.2, 0) is 0 Å². The highest BCUT2D eigenvalue weighted by Gasteiger charge is 2.08. The van der Waals surface area contributed by atoms with Gasteiger partial charge in [-0.25, -0.2) is 10.4 Å². The third-order valence-corrected chi connectivity index (χ3v) is 5.80. The van der Waals surface area contributed by atoms with E-state index in [0.29, 0.717) is 17.2 Å². The number of hydrazone groups is 1. The van der Waals surface area contributed by atoms with Gasteiger partial charge in [0.25, 0.3) is 5.91 Å². The van der Waals surface area contributed by atoms with E-state index in [9.17, 15) is 4.79 Å². The molecule has 0 aliphatic heterocycles. The first-order chi connectivity index (χ1) is 16.6. The second-order valence-electron chi connectivity index (χ2n) is 7.33. The van der Waals surface area contributed by atoms with Crippen molar-refractivity contribution in [2.45, 2.75) is 13.3 Å². The van der Waals surface area contributed by atoms with Crippen molar-refractivity contribution in [3.63, 3.8) is 0 Å². The Bertz CT molecular complexity index is 1270. The first-order valence-corrected chi connectivity index (χ1v) is 12.0. The second-order valence-corrected chi connectivity index (χ2v) is 8.63. The fraction of sp³-hybridized carbons (Fsp3) is 0.115. The number of thiazole rings is 1. The van der Waals surface area contributed by atoms with E-state index in [0.717, 1.165) is 39.8 Å². The Morgan fingerprint density at radius 1 is 1.09 bits per heavy atom. The van der Waals surface area contributed by atoms with Crippen LogP contribution in [0.15, 0.2) is 83.3 Å². The molecule has 3 aromatic carbocycles. The number of anilines is 2. The van der Waals surface area contributed by atoms with Gasteiger partial charge in [-0.15, -0.1) is 11.3 Å². The third kappa shape index (κ3) is 6.21. The lowest BCUT2D eigenvalue weighted by atomic mass is 10.1. The van der Waals surface area contributed by atoms with Gasteiger partial charge in [-0.3, -0.25) is 4.79 Å². The smallest absolute Gasteiger partial charge is 0.271 e. The average Bonchev–Trinajstić information content (AvgIpc) is 3.33. The molecule has 0 radical (unpaired) electrons. The van der Waals surface area contributed by atoms with Crippen molar-refractivity contribution < 1.29 is 9.53 Å². The minimum absolute atomic E-state index is 0.293. The summed E-state index contributed by atoms with van der Waals surface area (Å²) < 4.78 is 5.70. The quantitative estimate of drug-likeness (QED) is 0.201. The van der Waals surface area contributed by atoms with Crippen molar-refractivity contribution in [3.05, 3.63) is 94.3 Å². The normalized spacial score (nSPS) is 10.9. The fourth-order valence-electron chi connectivity index (χ4n) is 3.07. The number of carbonyl (C=O) groups excluding carboxylic acids is 1. The van der Waals surface area contributed by atoms with Gasteiger partial charge >= 0.3 is 0 Å². The van der Waals surface area contributed by atoms with Crippen LogP contribution in [0.25, 0.3) is 11.3 Å². The first-order valence-electron chi connectivity index (χ1n) is 10.8. The molecule has 2 N–H and O–H groups in total. The topological polar surface area (TPSA) is 75.6 Å². The predicted octanol–water partition coefficient (Wildman–Crippen LogP) is 6.76. The molecule has 172 valence electrons. The monoisotopic (exact) mass is 490 g/mol. The lowest BCUT2D eigenvalue weighted by Crippen LogP contribution is -2.17. The molecule has 0 saturated carbocycles. The molecule has 0 spiro atoms. The van der Waals surface area contributed by atoms with E-state index in [4.69, 9.17) is 16.3 Å². The number of aromatic nitrogens is 1. The number of para-hydroxylation sites is 1. The zero-order valence-electron chi connectivity index (χ0n) is 18.5. The highest BCUT2D eigenvalue weighted by atomic mass is 35.5. The minimum Gasteiger partial charge on any atom is -0.493 e. The van der Waals surface area contributed by atoms with E-state index < -0.39 is 0 Å².